The third-order valence-electron chi connectivity index (χ3n) is 4.84. The molecule has 1 aromatic heterocycles. The van der Waals surface area contributed by atoms with Gasteiger partial charge in [0.1, 0.15) is 11.3 Å². The SMILES string of the molecule is CC(C)(C)OC(=O)Nc1nc(/C(=N\OC(C)(C)C(=O)OC(c2ccccc2)c2ccccc2)C(=O)O)cs1. The zero-order chi connectivity index (χ0) is 27.9. The number of carbonyl (C=O) groups is 3. The molecule has 0 saturated carbocycles. The molecular formula is C27H29N3O7S. The predicted octanol–water partition coefficient (Wildman–Crippen LogP) is 5.41. The molecule has 10 nitrogen and oxygen atoms in total. The molecule has 0 fully saturated rings. The summed E-state index contributed by atoms with van der Waals surface area (Å²) in [5, 5.41) is 17.3. The van der Waals surface area contributed by atoms with E-state index in [1.165, 1.54) is 19.2 Å². The molecule has 2 aromatic carbocycles. The van der Waals surface area contributed by atoms with Crippen molar-refractivity contribution in [3.8, 4) is 0 Å². The van der Waals surface area contributed by atoms with Crippen LogP contribution in [0.15, 0.2) is 71.2 Å². The molecule has 0 aliphatic heterocycles. The first kappa shape index (κ1) is 28.3. The smallest absolute Gasteiger partial charge is 0.413 e. The molecule has 0 aliphatic carbocycles. The van der Waals surface area contributed by atoms with Crippen LogP contribution in [0.4, 0.5) is 9.93 Å². The minimum Gasteiger partial charge on any atom is -0.476 e. The summed E-state index contributed by atoms with van der Waals surface area (Å²) in [5.41, 5.74) is -1.47. The van der Waals surface area contributed by atoms with Crippen LogP contribution in [0.1, 0.15) is 57.5 Å². The quantitative estimate of drug-likeness (QED) is 0.209. The van der Waals surface area contributed by atoms with Crippen molar-refractivity contribution in [2.24, 2.45) is 5.16 Å². The fraction of sp³-hybridized carbons (Fsp3) is 0.296. The molecule has 1 heterocycles. The van der Waals surface area contributed by atoms with Crippen LogP contribution in [0, 0.1) is 0 Å². The second-order valence-electron chi connectivity index (χ2n) is 9.62. The molecule has 0 spiro atoms. The van der Waals surface area contributed by atoms with Gasteiger partial charge in [0, 0.05) is 5.38 Å². The Hall–Kier alpha value is -4.25. The Morgan fingerprint density at radius 3 is 2.00 bits per heavy atom. The maximum absolute atomic E-state index is 13.1. The van der Waals surface area contributed by atoms with Crippen molar-refractivity contribution < 1.29 is 33.8 Å². The van der Waals surface area contributed by atoms with E-state index in [2.05, 4.69) is 15.5 Å². The van der Waals surface area contributed by atoms with Crippen LogP contribution >= 0.6 is 11.3 Å². The summed E-state index contributed by atoms with van der Waals surface area (Å²) in [6, 6.07) is 18.4. The molecule has 38 heavy (non-hydrogen) atoms. The second kappa shape index (κ2) is 11.9. The molecule has 0 atom stereocenters. The van der Waals surface area contributed by atoms with Gasteiger partial charge in [0.05, 0.1) is 0 Å². The van der Waals surface area contributed by atoms with E-state index in [9.17, 15) is 19.5 Å². The monoisotopic (exact) mass is 539 g/mol. The van der Waals surface area contributed by atoms with E-state index >= 15 is 0 Å². The number of carbonyl (C=O) groups excluding carboxylic acids is 2. The molecule has 0 bridgehead atoms. The number of nitrogens with one attached hydrogen (secondary N) is 1. The van der Waals surface area contributed by atoms with Crippen LogP contribution in [-0.2, 0) is 23.9 Å². The fourth-order valence-corrected chi connectivity index (χ4v) is 3.74. The van der Waals surface area contributed by atoms with E-state index in [1.807, 2.05) is 60.7 Å². The van der Waals surface area contributed by atoms with Gasteiger partial charge in [-0.15, -0.1) is 11.3 Å². The summed E-state index contributed by atoms with van der Waals surface area (Å²) in [5.74, 6) is -2.19. The van der Waals surface area contributed by atoms with Crippen molar-refractivity contribution in [1.82, 2.24) is 4.98 Å². The number of amides is 1. The molecule has 3 aromatic rings. The van der Waals surface area contributed by atoms with Gasteiger partial charge in [-0.3, -0.25) is 5.32 Å². The Morgan fingerprint density at radius 1 is 0.947 bits per heavy atom. The molecule has 3 rings (SSSR count). The van der Waals surface area contributed by atoms with Crippen molar-refractivity contribution in [2.45, 2.75) is 51.9 Å². The summed E-state index contributed by atoms with van der Waals surface area (Å²) in [7, 11) is 0. The standard InChI is InChI=1S/C27H29N3O7S/c1-26(2,3)36-25(34)29-24-28-19(16-38-24)20(22(31)32)30-37-27(4,5)23(33)35-21(17-12-8-6-9-13-17)18-14-10-7-11-15-18/h6-16,21H,1-5H3,(H,31,32)(H,28,29,34)/b30-20+. The van der Waals surface area contributed by atoms with E-state index in [0.717, 1.165) is 22.5 Å². The van der Waals surface area contributed by atoms with Crippen LogP contribution in [0.25, 0.3) is 0 Å². The maximum atomic E-state index is 13.1. The van der Waals surface area contributed by atoms with Gasteiger partial charge in [0.25, 0.3) is 0 Å². The normalized spacial score (nSPS) is 12.1. The average Bonchev–Trinajstić information content (AvgIpc) is 3.29. The fourth-order valence-electron chi connectivity index (χ4n) is 3.06. The maximum Gasteiger partial charge on any atom is 0.413 e. The summed E-state index contributed by atoms with van der Waals surface area (Å²) >= 11 is 0.979. The lowest BCUT2D eigenvalue weighted by atomic mass is 10.0. The van der Waals surface area contributed by atoms with Crippen molar-refractivity contribution in [1.29, 1.82) is 0 Å². The van der Waals surface area contributed by atoms with Crippen molar-refractivity contribution in [3.05, 3.63) is 82.9 Å². The second-order valence-corrected chi connectivity index (χ2v) is 10.5. The van der Waals surface area contributed by atoms with Crippen LogP contribution in [-0.4, -0.2) is 45.0 Å². The number of aliphatic carboxylic acids is 1. The molecule has 0 saturated heterocycles. The van der Waals surface area contributed by atoms with Gasteiger partial charge in [0.15, 0.2) is 11.2 Å². The number of nitrogens with zero attached hydrogens (tertiary/aromatic N) is 2. The van der Waals surface area contributed by atoms with Crippen LogP contribution < -0.4 is 5.32 Å². The molecule has 0 unspecified atom stereocenters. The number of hydrogen-bond acceptors (Lipinski definition) is 9. The largest absolute Gasteiger partial charge is 0.476 e. The Morgan fingerprint density at radius 2 is 1.50 bits per heavy atom. The number of benzene rings is 2. The Balaban J connectivity index is 1.76. The summed E-state index contributed by atoms with van der Waals surface area (Å²) in [6.45, 7) is 7.97. The summed E-state index contributed by atoms with van der Waals surface area (Å²) < 4.78 is 11.0. The van der Waals surface area contributed by atoms with Gasteiger partial charge in [-0.05, 0) is 45.7 Å². The number of oxime groups is 1. The summed E-state index contributed by atoms with van der Waals surface area (Å²) in [4.78, 5) is 46.5. The molecule has 0 aliphatic rings. The molecule has 11 heteroatoms. The lowest BCUT2D eigenvalue weighted by Crippen LogP contribution is -2.37. The number of anilines is 1. The van der Waals surface area contributed by atoms with Gasteiger partial charge in [0.2, 0.25) is 11.3 Å². The average molecular weight is 540 g/mol. The van der Waals surface area contributed by atoms with Crippen molar-refractivity contribution in [3.63, 3.8) is 0 Å². The predicted molar refractivity (Wildman–Crippen MR) is 142 cm³/mol. The highest BCUT2D eigenvalue weighted by Gasteiger charge is 2.36. The first-order valence-electron chi connectivity index (χ1n) is 11.6. The first-order valence-corrected chi connectivity index (χ1v) is 12.5. The third kappa shape index (κ3) is 7.87. The van der Waals surface area contributed by atoms with E-state index in [4.69, 9.17) is 14.3 Å². The van der Waals surface area contributed by atoms with E-state index in [0.29, 0.717) is 0 Å². The molecule has 200 valence electrons. The van der Waals surface area contributed by atoms with Crippen LogP contribution in [0.5, 0.6) is 0 Å². The number of thiazole rings is 1. The number of rotatable bonds is 9. The van der Waals surface area contributed by atoms with Crippen molar-refractivity contribution in [2.75, 3.05) is 5.32 Å². The van der Waals surface area contributed by atoms with Crippen molar-refractivity contribution >= 4 is 40.2 Å². The lowest BCUT2D eigenvalue weighted by molar-refractivity contribution is -0.172. The van der Waals surface area contributed by atoms with Gasteiger partial charge in [-0.25, -0.2) is 19.4 Å². The third-order valence-corrected chi connectivity index (χ3v) is 5.60. The highest BCUT2D eigenvalue weighted by atomic mass is 32.1. The van der Waals surface area contributed by atoms with E-state index < -0.39 is 41.0 Å². The van der Waals surface area contributed by atoms with Gasteiger partial charge >= 0.3 is 18.0 Å². The van der Waals surface area contributed by atoms with Gasteiger partial charge in [-0.1, -0.05) is 65.8 Å². The van der Waals surface area contributed by atoms with Gasteiger partial charge < -0.3 is 19.4 Å². The van der Waals surface area contributed by atoms with Gasteiger partial charge in [-0.2, -0.15) is 0 Å². The number of carboxylic acids is 1. The summed E-state index contributed by atoms with van der Waals surface area (Å²) in [6.07, 6.45) is -1.45. The number of aromatic nitrogens is 1. The number of carboxylic acid groups (broad SMARTS) is 1. The zero-order valence-electron chi connectivity index (χ0n) is 21.6. The number of hydrogen-bond donors (Lipinski definition) is 2. The van der Waals surface area contributed by atoms with E-state index in [-0.39, 0.29) is 10.8 Å². The highest BCUT2D eigenvalue weighted by Crippen LogP contribution is 2.28. The van der Waals surface area contributed by atoms with Crippen LogP contribution in [0.2, 0.25) is 0 Å². The Labute approximate surface area is 224 Å². The molecule has 1 amide bonds. The Bertz CT molecular complexity index is 1260. The number of esters is 1. The number of ether oxygens (including phenoxy) is 2. The van der Waals surface area contributed by atoms with Crippen LogP contribution in [0.3, 0.4) is 0 Å². The highest BCUT2D eigenvalue weighted by molar-refractivity contribution is 7.14. The zero-order valence-corrected chi connectivity index (χ0v) is 22.4. The van der Waals surface area contributed by atoms with E-state index in [1.54, 1.807) is 20.8 Å². The minimum atomic E-state index is -1.64. The minimum absolute atomic E-state index is 0.0656. The lowest BCUT2D eigenvalue weighted by Gasteiger charge is -2.25. The molecule has 0 radical (unpaired) electrons. The Kier molecular flexibility index (Phi) is 8.84. The molecule has 2 N–H and O–H groups in total. The first-order chi connectivity index (χ1) is 17.9. The topological polar surface area (TPSA) is 136 Å². The molecular weight excluding hydrogens is 510 g/mol.